The fourth-order valence-corrected chi connectivity index (χ4v) is 4.03. The Morgan fingerprint density at radius 2 is 1.71 bits per heavy atom. The quantitative estimate of drug-likeness (QED) is 0.553. The Balaban J connectivity index is 2.50. The Hall–Kier alpha value is -0.990. The van der Waals surface area contributed by atoms with Crippen LogP contribution < -0.4 is 4.72 Å². The first-order valence-electron chi connectivity index (χ1n) is 6.75. The van der Waals surface area contributed by atoms with Crippen molar-refractivity contribution in [2.45, 2.75) is 42.8 Å². The molecular weight excluding hydrogens is 317 g/mol. The number of sulfonamides is 1. The van der Waals surface area contributed by atoms with Crippen LogP contribution in [0.15, 0.2) is 35.2 Å². The highest BCUT2D eigenvalue weighted by molar-refractivity contribution is 7.89. The van der Waals surface area contributed by atoms with E-state index in [4.69, 9.17) is 0 Å². The number of halogens is 1. The van der Waals surface area contributed by atoms with E-state index < -0.39 is 25.5 Å². The van der Waals surface area contributed by atoms with E-state index in [0.29, 0.717) is 6.42 Å². The third-order valence-electron chi connectivity index (χ3n) is 3.06. The van der Waals surface area contributed by atoms with Crippen molar-refractivity contribution in [2.24, 2.45) is 0 Å². The average molecular weight is 337 g/mol. The lowest BCUT2D eigenvalue weighted by atomic mass is 10.1. The van der Waals surface area contributed by atoms with Crippen LogP contribution in [0, 0.1) is 0 Å². The Bertz CT molecular complexity index is 629. The Kier molecular flexibility index (Phi) is 6.76. The molecule has 0 saturated heterocycles. The summed E-state index contributed by atoms with van der Waals surface area (Å²) in [4.78, 5) is 0.147. The summed E-state index contributed by atoms with van der Waals surface area (Å²) in [6, 6.07) is 7.87. The molecule has 5 nitrogen and oxygen atoms in total. The van der Waals surface area contributed by atoms with Crippen LogP contribution in [0.1, 0.15) is 32.6 Å². The molecule has 1 N–H and O–H groups in total. The molecule has 0 fully saturated rings. The fraction of sp³-hybridized carbons (Fsp3) is 0.538. The van der Waals surface area contributed by atoms with E-state index in [0.717, 1.165) is 0 Å². The lowest BCUT2D eigenvalue weighted by molar-refractivity contribution is 0.508. The molecule has 1 aromatic rings. The van der Waals surface area contributed by atoms with Crippen molar-refractivity contribution in [1.82, 2.24) is 4.72 Å². The van der Waals surface area contributed by atoms with Crippen molar-refractivity contribution in [1.29, 1.82) is 0 Å². The molecule has 1 rings (SSSR count). The molecule has 0 aliphatic carbocycles. The van der Waals surface area contributed by atoms with Crippen LogP contribution in [0.4, 0.5) is 3.89 Å². The highest BCUT2D eigenvalue weighted by atomic mass is 32.3. The van der Waals surface area contributed by atoms with Gasteiger partial charge in [0.1, 0.15) is 0 Å². The van der Waals surface area contributed by atoms with E-state index in [2.05, 4.69) is 4.72 Å². The summed E-state index contributed by atoms with van der Waals surface area (Å²) in [5, 5.41) is -1.05. The monoisotopic (exact) mass is 337 g/mol. The Morgan fingerprint density at radius 3 is 2.24 bits per heavy atom. The van der Waals surface area contributed by atoms with Gasteiger partial charge in [0, 0.05) is 6.54 Å². The van der Waals surface area contributed by atoms with Gasteiger partial charge in [0.05, 0.1) is 10.1 Å². The van der Waals surface area contributed by atoms with Gasteiger partial charge in [-0.05, 0) is 31.4 Å². The maximum absolute atomic E-state index is 13.0. The van der Waals surface area contributed by atoms with Crippen LogP contribution in [0.2, 0.25) is 0 Å². The van der Waals surface area contributed by atoms with Crippen LogP contribution in [0.3, 0.4) is 0 Å². The van der Waals surface area contributed by atoms with Gasteiger partial charge in [0.15, 0.2) is 0 Å². The van der Waals surface area contributed by atoms with Gasteiger partial charge in [0.25, 0.3) is 0 Å². The molecule has 21 heavy (non-hydrogen) atoms. The second-order valence-electron chi connectivity index (χ2n) is 4.74. The van der Waals surface area contributed by atoms with Crippen molar-refractivity contribution >= 4 is 20.2 Å². The lowest BCUT2D eigenvalue weighted by Crippen LogP contribution is -2.26. The first-order valence-corrected chi connectivity index (χ1v) is 9.68. The van der Waals surface area contributed by atoms with Gasteiger partial charge in [-0.1, -0.05) is 31.5 Å². The highest BCUT2D eigenvalue weighted by Crippen LogP contribution is 2.16. The minimum atomic E-state index is -4.57. The van der Waals surface area contributed by atoms with E-state index in [1.165, 1.54) is 12.1 Å². The zero-order valence-electron chi connectivity index (χ0n) is 11.8. The zero-order chi connectivity index (χ0) is 15.9. The molecule has 0 aliphatic heterocycles. The van der Waals surface area contributed by atoms with Gasteiger partial charge in [-0.25, -0.2) is 13.1 Å². The van der Waals surface area contributed by atoms with E-state index in [1.54, 1.807) is 25.1 Å². The normalized spacial score (nSPS) is 14.0. The fourth-order valence-electron chi connectivity index (χ4n) is 1.97. The Labute approximate surface area is 125 Å². The minimum Gasteiger partial charge on any atom is -0.211 e. The van der Waals surface area contributed by atoms with Crippen LogP contribution >= 0.6 is 0 Å². The number of hydrogen-bond donors (Lipinski definition) is 1. The molecule has 0 amide bonds. The lowest BCUT2D eigenvalue weighted by Gasteiger charge is -2.12. The topological polar surface area (TPSA) is 80.3 Å². The van der Waals surface area contributed by atoms with Crippen molar-refractivity contribution in [2.75, 3.05) is 6.54 Å². The number of nitrogens with one attached hydrogen (secondary N) is 1. The van der Waals surface area contributed by atoms with E-state index in [1.807, 2.05) is 0 Å². The van der Waals surface area contributed by atoms with Gasteiger partial charge in [-0.2, -0.15) is 8.42 Å². The van der Waals surface area contributed by atoms with Gasteiger partial charge in [0.2, 0.25) is 10.0 Å². The molecule has 0 saturated carbocycles. The second-order valence-corrected chi connectivity index (χ2v) is 8.12. The van der Waals surface area contributed by atoms with Gasteiger partial charge < -0.3 is 0 Å². The molecule has 0 aromatic heterocycles. The maximum atomic E-state index is 13.0. The second kappa shape index (κ2) is 7.86. The molecule has 0 spiro atoms. The molecule has 0 bridgehead atoms. The summed E-state index contributed by atoms with van der Waals surface area (Å²) in [7, 11) is -8.17. The molecule has 1 aromatic carbocycles. The largest absolute Gasteiger partial charge is 0.305 e. The molecule has 1 unspecified atom stereocenters. The van der Waals surface area contributed by atoms with Crippen molar-refractivity contribution < 1.29 is 20.7 Å². The molecule has 1 atom stereocenters. The maximum Gasteiger partial charge on any atom is 0.305 e. The van der Waals surface area contributed by atoms with Crippen LogP contribution in [0.5, 0.6) is 0 Å². The Morgan fingerprint density at radius 1 is 1.10 bits per heavy atom. The van der Waals surface area contributed by atoms with E-state index in [-0.39, 0.29) is 30.7 Å². The number of benzene rings is 1. The van der Waals surface area contributed by atoms with Gasteiger partial charge in [-0.15, -0.1) is 3.89 Å². The first kappa shape index (κ1) is 18.1. The van der Waals surface area contributed by atoms with Crippen molar-refractivity contribution in [3.63, 3.8) is 0 Å². The van der Waals surface area contributed by atoms with Crippen LogP contribution in [0.25, 0.3) is 0 Å². The summed E-state index contributed by atoms with van der Waals surface area (Å²) >= 11 is 0. The third-order valence-corrected chi connectivity index (χ3v) is 5.80. The zero-order valence-corrected chi connectivity index (χ0v) is 13.5. The predicted octanol–water partition coefficient (Wildman–Crippen LogP) is 2.21. The average Bonchev–Trinajstić information content (AvgIpc) is 2.42. The highest BCUT2D eigenvalue weighted by Gasteiger charge is 2.23. The molecule has 0 aliphatic rings. The minimum absolute atomic E-state index is 0.0764. The van der Waals surface area contributed by atoms with Crippen molar-refractivity contribution in [3.05, 3.63) is 30.3 Å². The standard InChI is InChI=1S/C13H20FNO4S2/c1-2-7-12(20(14,16)17)10-6-11-15-21(18,19)13-8-4-3-5-9-13/h3-5,8-9,12,15H,2,6-7,10-11H2,1H3. The summed E-state index contributed by atoms with van der Waals surface area (Å²) in [6.45, 7) is 1.85. The SMILES string of the molecule is CCCC(CCCNS(=O)(=O)c1ccccc1)S(=O)(=O)F. The summed E-state index contributed by atoms with van der Waals surface area (Å²) < 4.78 is 61.0. The summed E-state index contributed by atoms with van der Waals surface area (Å²) in [6.07, 6.45) is 1.16. The van der Waals surface area contributed by atoms with Gasteiger partial charge in [-0.3, -0.25) is 0 Å². The van der Waals surface area contributed by atoms with Crippen LogP contribution in [-0.2, 0) is 20.2 Å². The molecule has 0 heterocycles. The summed E-state index contributed by atoms with van der Waals surface area (Å²) in [5.41, 5.74) is 0. The molecule has 8 heteroatoms. The number of hydrogen-bond acceptors (Lipinski definition) is 4. The molecule has 0 radical (unpaired) electrons. The van der Waals surface area contributed by atoms with Gasteiger partial charge >= 0.3 is 10.2 Å². The molecular formula is C13H20FNO4S2. The van der Waals surface area contributed by atoms with E-state index >= 15 is 0 Å². The predicted molar refractivity (Wildman–Crippen MR) is 79.6 cm³/mol. The smallest absolute Gasteiger partial charge is 0.211 e. The van der Waals surface area contributed by atoms with E-state index in [9.17, 15) is 20.7 Å². The third kappa shape index (κ3) is 6.11. The first-order chi connectivity index (χ1) is 9.77. The number of rotatable bonds is 9. The van der Waals surface area contributed by atoms with Crippen molar-refractivity contribution in [3.8, 4) is 0 Å². The molecule has 120 valence electrons. The van der Waals surface area contributed by atoms with Crippen LogP contribution in [-0.4, -0.2) is 28.6 Å². The summed E-state index contributed by atoms with van der Waals surface area (Å²) in [5.74, 6) is 0.